The summed E-state index contributed by atoms with van der Waals surface area (Å²) in [6, 6.07) is 1.26. The molecule has 2 N–H and O–H groups in total. The summed E-state index contributed by atoms with van der Waals surface area (Å²) in [4.78, 5) is 5.29. The van der Waals surface area contributed by atoms with Crippen LogP contribution in [0.4, 0.5) is 0 Å². The Kier molecular flexibility index (Phi) is 4.74. The highest BCUT2D eigenvalue weighted by Gasteiger charge is 2.30. The summed E-state index contributed by atoms with van der Waals surface area (Å²) in [5, 5.41) is 0. The van der Waals surface area contributed by atoms with Crippen molar-refractivity contribution in [3.05, 3.63) is 0 Å². The molecule has 3 unspecified atom stereocenters. The number of nitrogens with two attached hydrogens (primary N) is 1. The minimum Gasteiger partial charge on any atom is -0.379 e. The van der Waals surface area contributed by atoms with Crippen molar-refractivity contribution in [2.24, 2.45) is 11.7 Å². The standard InChI is InChI=1S/C15H29N3O/c16-15-3-1-2-13(15)4-6-17-7-5-14(12-17)18-8-10-19-11-9-18/h13-15H,1-12,16H2. The molecule has 3 atom stereocenters. The van der Waals surface area contributed by atoms with Crippen molar-refractivity contribution < 1.29 is 4.74 Å². The Morgan fingerprint density at radius 2 is 1.89 bits per heavy atom. The summed E-state index contributed by atoms with van der Waals surface area (Å²) in [7, 11) is 0. The van der Waals surface area contributed by atoms with Gasteiger partial charge in [0.15, 0.2) is 0 Å². The topological polar surface area (TPSA) is 41.7 Å². The fourth-order valence-corrected chi connectivity index (χ4v) is 4.03. The molecule has 0 bridgehead atoms. The van der Waals surface area contributed by atoms with Crippen LogP contribution in [-0.4, -0.2) is 67.8 Å². The van der Waals surface area contributed by atoms with E-state index in [1.807, 2.05) is 0 Å². The molecule has 3 rings (SSSR count). The van der Waals surface area contributed by atoms with E-state index in [2.05, 4.69) is 9.80 Å². The number of rotatable bonds is 4. The molecule has 0 aromatic rings. The summed E-state index contributed by atoms with van der Waals surface area (Å²) in [5.41, 5.74) is 6.17. The molecule has 0 spiro atoms. The minimum absolute atomic E-state index is 0.484. The van der Waals surface area contributed by atoms with Gasteiger partial charge in [-0.05, 0) is 44.7 Å². The van der Waals surface area contributed by atoms with Crippen LogP contribution in [-0.2, 0) is 4.74 Å². The zero-order chi connectivity index (χ0) is 13.1. The molecule has 4 nitrogen and oxygen atoms in total. The van der Waals surface area contributed by atoms with Crippen LogP contribution >= 0.6 is 0 Å². The number of ether oxygens (including phenoxy) is 1. The summed E-state index contributed by atoms with van der Waals surface area (Å²) >= 11 is 0. The quantitative estimate of drug-likeness (QED) is 0.822. The molecule has 3 fully saturated rings. The van der Waals surface area contributed by atoms with Gasteiger partial charge in [-0.25, -0.2) is 0 Å². The lowest BCUT2D eigenvalue weighted by Crippen LogP contribution is -2.44. The van der Waals surface area contributed by atoms with Gasteiger partial charge in [0.2, 0.25) is 0 Å². The summed E-state index contributed by atoms with van der Waals surface area (Å²) < 4.78 is 5.44. The van der Waals surface area contributed by atoms with Gasteiger partial charge in [0.25, 0.3) is 0 Å². The van der Waals surface area contributed by atoms with E-state index in [0.29, 0.717) is 6.04 Å². The molecule has 0 radical (unpaired) electrons. The van der Waals surface area contributed by atoms with E-state index < -0.39 is 0 Å². The molecule has 0 aromatic heterocycles. The average Bonchev–Trinajstić information content (AvgIpc) is 3.06. The Balaban J connectivity index is 1.39. The minimum atomic E-state index is 0.484. The Morgan fingerprint density at radius 3 is 2.63 bits per heavy atom. The molecule has 1 saturated carbocycles. The molecule has 0 aromatic carbocycles. The second-order valence-electron chi connectivity index (χ2n) is 6.53. The molecule has 110 valence electrons. The first-order valence-electron chi connectivity index (χ1n) is 8.12. The lowest BCUT2D eigenvalue weighted by Gasteiger charge is -2.32. The van der Waals surface area contributed by atoms with Gasteiger partial charge in [-0.2, -0.15) is 0 Å². The zero-order valence-corrected chi connectivity index (χ0v) is 12.1. The van der Waals surface area contributed by atoms with E-state index in [1.54, 1.807) is 0 Å². The highest BCUT2D eigenvalue weighted by molar-refractivity contribution is 4.86. The molecular weight excluding hydrogens is 238 g/mol. The molecule has 2 heterocycles. The highest BCUT2D eigenvalue weighted by Crippen LogP contribution is 2.27. The Bertz CT molecular complexity index is 281. The Labute approximate surface area is 117 Å². The second kappa shape index (κ2) is 6.53. The average molecular weight is 267 g/mol. The largest absolute Gasteiger partial charge is 0.379 e. The maximum atomic E-state index is 6.17. The van der Waals surface area contributed by atoms with Crippen LogP contribution in [0, 0.1) is 5.92 Å². The van der Waals surface area contributed by atoms with Crippen molar-refractivity contribution >= 4 is 0 Å². The molecule has 19 heavy (non-hydrogen) atoms. The van der Waals surface area contributed by atoms with Crippen molar-refractivity contribution in [3.8, 4) is 0 Å². The first kappa shape index (κ1) is 13.8. The van der Waals surface area contributed by atoms with E-state index in [1.165, 1.54) is 51.7 Å². The summed E-state index contributed by atoms with van der Waals surface area (Å²) in [6.07, 6.45) is 6.62. The van der Waals surface area contributed by atoms with Gasteiger partial charge in [0.1, 0.15) is 0 Å². The normalized spacial score (nSPS) is 38.1. The third-order valence-corrected chi connectivity index (χ3v) is 5.34. The molecular formula is C15H29N3O. The third-order valence-electron chi connectivity index (χ3n) is 5.34. The van der Waals surface area contributed by atoms with Crippen LogP contribution in [0.2, 0.25) is 0 Å². The molecule has 2 saturated heterocycles. The highest BCUT2D eigenvalue weighted by atomic mass is 16.5. The SMILES string of the molecule is NC1CCCC1CCN1CCC(N2CCOCC2)C1. The maximum absolute atomic E-state index is 6.17. The maximum Gasteiger partial charge on any atom is 0.0594 e. The monoisotopic (exact) mass is 267 g/mol. The van der Waals surface area contributed by atoms with Crippen LogP contribution in [0.3, 0.4) is 0 Å². The van der Waals surface area contributed by atoms with Crippen LogP contribution in [0.5, 0.6) is 0 Å². The fourth-order valence-electron chi connectivity index (χ4n) is 4.03. The van der Waals surface area contributed by atoms with Crippen LogP contribution in [0.25, 0.3) is 0 Å². The number of likely N-dealkylation sites (tertiary alicyclic amines) is 1. The lowest BCUT2D eigenvalue weighted by molar-refractivity contribution is 0.0184. The first-order valence-corrected chi connectivity index (χ1v) is 8.12. The molecule has 0 amide bonds. The van der Waals surface area contributed by atoms with E-state index in [4.69, 9.17) is 10.5 Å². The lowest BCUT2D eigenvalue weighted by atomic mass is 10.0. The van der Waals surface area contributed by atoms with Gasteiger partial charge in [-0.3, -0.25) is 4.90 Å². The number of morpholine rings is 1. The molecule has 1 aliphatic carbocycles. The fraction of sp³-hybridized carbons (Fsp3) is 1.00. The predicted molar refractivity (Wildman–Crippen MR) is 77.2 cm³/mol. The van der Waals surface area contributed by atoms with Gasteiger partial charge in [0.05, 0.1) is 13.2 Å². The number of hydrogen-bond acceptors (Lipinski definition) is 4. The van der Waals surface area contributed by atoms with Crippen molar-refractivity contribution in [1.82, 2.24) is 9.80 Å². The summed E-state index contributed by atoms with van der Waals surface area (Å²) in [5.74, 6) is 0.794. The van der Waals surface area contributed by atoms with Gasteiger partial charge in [-0.15, -0.1) is 0 Å². The Morgan fingerprint density at radius 1 is 1.05 bits per heavy atom. The molecule has 4 heteroatoms. The van der Waals surface area contributed by atoms with Crippen LogP contribution in [0.1, 0.15) is 32.1 Å². The van der Waals surface area contributed by atoms with Crippen molar-refractivity contribution in [3.63, 3.8) is 0 Å². The van der Waals surface area contributed by atoms with E-state index in [9.17, 15) is 0 Å². The van der Waals surface area contributed by atoms with Gasteiger partial charge in [-0.1, -0.05) is 6.42 Å². The summed E-state index contributed by atoms with van der Waals surface area (Å²) in [6.45, 7) is 7.92. The predicted octanol–water partition coefficient (Wildman–Crippen LogP) is 0.910. The zero-order valence-electron chi connectivity index (χ0n) is 12.1. The first-order chi connectivity index (χ1) is 9.33. The third kappa shape index (κ3) is 3.48. The van der Waals surface area contributed by atoms with Crippen molar-refractivity contribution in [2.45, 2.75) is 44.2 Å². The number of hydrogen-bond donors (Lipinski definition) is 1. The van der Waals surface area contributed by atoms with Crippen LogP contribution < -0.4 is 5.73 Å². The van der Waals surface area contributed by atoms with E-state index >= 15 is 0 Å². The van der Waals surface area contributed by atoms with Crippen LogP contribution in [0.15, 0.2) is 0 Å². The number of nitrogens with zero attached hydrogens (tertiary/aromatic N) is 2. The van der Waals surface area contributed by atoms with E-state index in [0.717, 1.165) is 38.3 Å². The smallest absolute Gasteiger partial charge is 0.0594 e. The van der Waals surface area contributed by atoms with E-state index in [-0.39, 0.29) is 0 Å². The molecule has 2 aliphatic heterocycles. The van der Waals surface area contributed by atoms with Gasteiger partial charge < -0.3 is 15.4 Å². The Hall–Kier alpha value is -0.160. The van der Waals surface area contributed by atoms with Gasteiger partial charge in [0, 0.05) is 31.7 Å². The van der Waals surface area contributed by atoms with Crippen molar-refractivity contribution in [2.75, 3.05) is 45.9 Å². The van der Waals surface area contributed by atoms with Gasteiger partial charge >= 0.3 is 0 Å². The molecule has 3 aliphatic rings. The second-order valence-corrected chi connectivity index (χ2v) is 6.53. The van der Waals surface area contributed by atoms with Crippen molar-refractivity contribution in [1.29, 1.82) is 0 Å².